The third-order valence-corrected chi connectivity index (χ3v) is 6.65. The highest BCUT2D eigenvalue weighted by Gasteiger charge is 2.33. The fraction of sp³-hybridized carbons (Fsp3) is 0.400. The monoisotopic (exact) mass is 494 g/mol. The lowest BCUT2D eigenvalue weighted by Gasteiger charge is -2.26. The Morgan fingerprint density at radius 1 is 1.17 bits per heavy atom. The summed E-state index contributed by atoms with van der Waals surface area (Å²) >= 11 is 0. The number of nitrogens with one attached hydrogen (secondary N) is 2. The Hall–Kier alpha value is -4.02. The Morgan fingerprint density at radius 3 is 2.89 bits per heavy atom. The molecule has 3 aromatic rings. The lowest BCUT2D eigenvalue weighted by molar-refractivity contribution is -0.125. The van der Waals surface area contributed by atoms with Crippen LogP contribution < -0.4 is 15.4 Å². The summed E-state index contributed by atoms with van der Waals surface area (Å²) in [6.45, 7) is 1.05. The second-order valence-corrected chi connectivity index (χ2v) is 9.18. The maximum Gasteiger partial charge on any atom is 0.255 e. The van der Waals surface area contributed by atoms with Crippen molar-refractivity contribution in [2.75, 3.05) is 26.2 Å². The Labute approximate surface area is 206 Å². The molecule has 2 aliphatic rings. The molecule has 3 amide bonds. The van der Waals surface area contributed by atoms with Crippen molar-refractivity contribution in [2.24, 2.45) is 13.0 Å². The molecule has 2 bridgehead atoms. The van der Waals surface area contributed by atoms with E-state index in [9.17, 15) is 18.8 Å². The predicted molar refractivity (Wildman–Crippen MR) is 128 cm³/mol. The number of pyridine rings is 1. The van der Waals surface area contributed by atoms with Crippen LogP contribution in [0.3, 0.4) is 0 Å². The normalized spacial score (nSPS) is 21.1. The van der Waals surface area contributed by atoms with Crippen molar-refractivity contribution in [1.29, 1.82) is 0 Å². The Kier molecular flexibility index (Phi) is 6.53. The van der Waals surface area contributed by atoms with Gasteiger partial charge in [-0.3, -0.25) is 24.0 Å². The van der Waals surface area contributed by atoms with Crippen LogP contribution in [-0.2, 0) is 11.8 Å². The van der Waals surface area contributed by atoms with Gasteiger partial charge in [0.05, 0.1) is 35.4 Å². The Bertz CT molecular complexity index is 1330. The molecule has 1 fully saturated rings. The van der Waals surface area contributed by atoms with Gasteiger partial charge in [-0.1, -0.05) is 0 Å². The van der Waals surface area contributed by atoms with Crippen LogP contribution in [0.5, 0.6) is 5.75 Å². The zero-order valence-electron chi connectivity index (χ0n) is 19.9. The van der Waals surface area contributed by atoms with Gasteiger partial charge in [0.2, 0.25) is 5.91 Å². The van der Waals surface area contributed by atoms with Crippen LogP contribution in [0.2, 0.25) is 0 Å². The minimum Gasteiger partial charge on any atom is -0.493 e. The van der Waals surface area contributed by atoms with Gasteiger partial charge >= 0.3 is 0 Å². The first-order valence-corrected chi connectivity index (χ1v) is 12.0. The number of carbonyl (C=O) groups excluding carboxylic acids is 3. The predicted octanol–water partition coefficient (Wildman–Crippen LogP) is 1.66. The molecule has 36 heavy (non-hydrogen) atoms. The largest absolute Gasteiger partial charge is 0.493 e. The van der Waals surface area contributed by atoms with Gasteiger partial charge in [0.1, 0.15) is 17.1 Å². The van der Waals surface area contributed by atoms with Gasteiger partial charge in [-0.15, -0.1) is 0 Å². The number of fused-ring (bicyclic) bond motifs is 5. The van der Waals surface area contributed by atoms with Gasteiger partial charge < -0.3 is 20.3 Å². The van der Waals surface area contributed by atoms with Crippen LogP contribution in [0.25, 0.3) is 11.0 Å². The van der Waals surface area contributed by atoms with Gasteiger partial charge in [0.25, 0.3) is 11.8 Å². The molecule has 188 valence electrons. The summed E-state index contributed by atoms with van der Waals surface area (Å²) in [6, 6.07) is 5.10. The summed E-state index contributed by atoms with van der Waals surface area (Å²) in [5.41, 5.74) is 1.86. The van der Waals surface area contributed by atoms with Crippen molar-refractivity contribution in [3.63, 3.8) is 0 Å². The zero-order chi connectivity index (χ0) is 25.2. The van der Waals surface area contributed by atoms with Crippen LogP contribution in [0, 0.1) is 11.7 Å². The number of halogens is 1. The number of hydrogen-bond acceptors (Lipinski definition) is 6. The second-order valence-electron chi connectivity index (χ2n) is 9.18. The fourth-order valence-electron chi connectivity index (χ4n) is 4.69. The zero-order valence-corrected chi connectivity index (χ0v) is 19.9. The van der Waals surface area contributed by atoms with Crippen molar-refractivity contribution >= 4 is 28.8 Å². The summed E-state index contributed by atoms with van der Waals surface area (Å²) in [7, 11) is 1.77. The molecule has 5 rings (SSSR count). The lowest BCUT2D eigenvalue weighted by Crippen LogP contribution is -2.46. The first-order valence-electron chi connectivity index (χ1n) is 12.0. The van der Waals surface area contributed by atoms with E-state index in [0.29, 0.717) is 42.4 Å². The molecule has 0 unspecified atom stereocenters. The number of aromatic nitrogens is 3. The van der Waals surface area contributed by atoms with Gasteiger partial charge in [-0.25, -0.2) is 4.39 Å². The maximum atomic E-state index is 14.0. The van der Waals surface area contributed by atoms with Gasteiger partial charge in [0.15, 0.2) is 0 Å². The number of rotatable bonds is 1. The molecule has 0 aliphatic carbocycles. The van der Waals surface area contributed by atoms with E-state index in [-0.39, 0.29) is 42.8 Å². The highest BCUT2D eigenvalue weighted by Crippen LogP contribution is 2.24. The molecule has 2 N–H and O–H groups in total. The molecule has 0 spiro atoms. The Balaban J connectivity index is 1.45. The van der Waals surface area contributed by atoms with Crippen molar-refractivity contribution in [2.45, 2.75) is 25.3 Å². The van der Waals surface area contributed by atoms with Crippen LogP contribution in [0.4, 0.5) is 4.39 Å². The minimum absolute atomic E-state index is 0.0978. The van der Waals surface area contributed by atoms with Crippen molar-refractivity contribution in [1.82, 2.24) is 30.3 Å². The summed E-state index contributed by atoms with van der Waals surface area (Å²) < 4.78 is 21.3. The minimum atomic E-state index is -0.545. The number of likely N-dealkylation sites (tertiary alicyclic amines) is 1. The topological polar surface area (TPSA) is 118 Å². The first-order chi connectivity index (χ1) is 17.4. The molecule has 1 saturated heterocycles. The second kappa shape index (κ2) is 9.92. The summed E-state index contributed by atoms with van der Waals surface area (Å²) in [4.78, 5) is 45.6. The van der Waals surface area contributed by atoms with E-state index in [1.165, 1.54) is 18.3 Å². The van der Waals surface area contributed by atoms with E-state index in [4.69, 9.17) is 4.74 Å². The molecular formula is C25H27FN6O4. The molecule has 0 radical (unpaired) electrons. The highest BCUT2D eigenvalue weighted by atomic mass is 19.1. The van der Waals surface area contributed by atoms with E-state index in [2.05, 4.69) is 20.7 Å². The molecule has 11 heteroatoms. The van der Waals surface area contributed by atoms with Gasteiger partial charge in [-0.2, -0.15) is 5.10 Å². The van der Waals surface area contributed by atoms with E-state index < -0.39 is 23.7 Å². The van der Waals surface area contributed by atoms with Crippen LogP contribution in [0.1, 0.15) is 40.0 Å². The molecule has 10 nitrogen and oxygen atoms in total. The number of amides is 3. The average molecular weight is 495 g/mol. The Morgan fingerprint density at radius 2 is 2.03 bits per heavy atom. The maximum absolute atomic E-state index is 14.0. The number of aryl methyl sites for hydroxylation is 1. The number of benzene rings is 1. The van der Waals surface area contributed by atoms with E-state index in [0.717, 1.165) is 6.07 Å². The van der Waals surface area contributed by atoms with Crippen LogP contribution >= 0.6 is 0 Å². The van der Waals surface area contributed by atoms with Crippen LogP contribution in [0.15, 0.2) is 36.7 Å². The third kappa shape index (κ3) is 4.86. The number of ether oxygens (including phenoxy) is 1. The number of carbonyl (C=O) groups is 3. The first kappa shape index (κ1) is 23.7. The van der Waals surface area contributed by atoms with E-state index in [1.54, 1.807) is 28.9 Å². The number of nitrogens with zero attached hydrogens (tertiary/aromatic N) is 4. The van der Waals surface area contributed by atoms with Crippen molar-refractivity contribution in [3.8, 4) is 5.75 Å². The van der Waals surface area contributed by atoms with Crippen molar-refractivity contribution < 1.29 is 23.5 Å². The standard InChI is InChI=1S/C25H27FN6O4/c1-31-21-9-16(11-28-20(21)12-29-31)25(35)32-13-15-3-5-18(14-32)30-24(34)19-10-17(26)4-6-22(19)36-8-2-7-27-23(15)33/h4,6,9-12,15,18H,2-3,5,7-8,13-14H2,1H3,(H,27,33)(H,30,34)/t15-,18+/m0/s1. The molecule has 1 aromatic carbocycles. The SMILES string of the molecule is Cn1ncc2ncc(C(=O)N3C[C@H]4CC[C@@H](C3)C(=O)NCCCOc3ccc(F)cc3C(=O)N4)cc21. The number of hydrogen-bond donors (Lipinski definition) is 2. The molecule has 0 saturated carbocycles. The van der Waals surface area contributed by atoms with E-state index >= 15 is 0 Å². The molecule has 2 aromatic heterocycles. The van der Waals surface area contributed by atoms with Crippen LogP contribution in [-0.4, -0.2) is 69.7 Å². The molecule has 4 heterocycles. The van der Waals surface area contributed by atoms with E-state index in [1.807, 2.05) is 0 Å². The molecular weight excluding hydrogens is 467 g/mol. The third-order valence-electron chi connectivity index (χ3n) is 6.65. The molecule has 2 atom stereocenters. The quantitative estimate of drug-likeness (QED) is 0.531. The highest BCUT2D eigenvalue weighted by molar-refractivity contribution is 5.98. The summed E-state index contributed by atoms with van der Waals surface area (Å²) in [5, 5.41) is 10.0. The van der Waals surface area contributed by atoms with Gasteiger partial charge in [-0.05, 0) is 43.5 Å². The summed E-state index contributed by atoms with van der Waals surface area (Å²) in [5.74, 6) is -1.62. The lowest BCUT2D eigenvalue weighted by atomic mass is 10.0. The average Bonchev–Trinajstić information content (AvgIpc) is 3.10. The fourth-order valence-corrected chi connectivity index (χ4v) is 4.69. The van der Waals surface area contributed by atoms with Crippen molar-refractivity contribution in [3.05, 3.63) is 53.6 Å². The smallest absolute Gasteiger partial charge is 0.255 e. The summed E-state index contributed by atoms with van der Waals surface area (Å²) in [6.07, 6.45) is 4.61. The van der Waals surface area contributed by atoms with Gasteiger partial charge in [0, 0.05) is 38.9 Å². The molecule has 2 aliphatic heterocycles.